The number of amides is 2. The van der Waals surface area contributed by atoms with Gasteiger partial charge in [-0.3, -0.25) is 9.59 Å². The van der Waals surface area contributed by atoms with E-state index in [2.05, 4.69) is 10.3 Å². The minimum atomic E-state index is -0.161. The maximum Gasteiger partial charge on any atom is 0.224 e. The summed E-state index contributed by atoms with van der Waals surface area (Å²) >= 11 is 0. The Morgan fingerprint density at radius 1 is 1.36 bits per heavy atom. The summed E-state index contributed by atoms with van der Waals surface area (Å²) in [5.74, 6) is -0.160. The van der Waals surface area contributed by atoms with Crippen molar-refractivity contribution in [3.63, 3.8) is 0 Å². The Hall–Kier alpha value is -1.89. The van der Waals surface area contributed by atoms with Crippen LogP contribution in [0, 0.1) is 5.92 Å². The van der Waals surface area contributed by atoms with Crippen molar-refractivity contribution in [2.45, 2.75) is 38.8 Å². The number of rotatable bonds is 5. The highest BCUT2D eigenvalue weighted by molar-refractivity contribution is 5.80. The molecule has 1 saturated heterocycles. The van der Waals surface area contributed by atoms with Gasteiger partial charge in [0.1, 0.15) is 0 Å². The molecule has 0 saturated carbocycles. The van der Waals surface area contributed by atoms with E-state index in [0.29, 0.717) is 19.6 Å². The van der Waals surface area contributed by atoms with Gasteiger partial charge in [-0.2, -0.15) is 0 Å². The first kappa shape index (κ1) is 16.5. The molecule has 0 aromatic carbocycles. The highest BCUT2D eigenvalue weighted by Gasteiger charge is 2.27. The SMILES string of the molecule is CC(=O)N1C[C@@H](N)CC[C@@H](C(=O)NCCCn2ccnc2)C1. The van der Waals surface area contributed by atoms with Crippen molar-refractivity contribution in [1.29, 1.82) is 0 Å². The summed E-state index contributed by atoms with van der Waals surface area (Å²) < 4.78 is 1.98. The first-order valence-electron chi connectivity index (χ1n) is 7.81. The Morgan fingerprint density at radius 3 is 2.86 bits per heavy atom. The van der Waals surface area contributed by atoms with Crippen LogP contribution < -0.4 is 11.1 Å². The van der Waals surface area contributed by atoms with E-state index in [0.717, 1.165) is 25.8 Å². The van der Waals surface area contributed by atoms with Gasteiger partial charge >= 0.3 is 0 Å². The molecule has 2 rings (SSSR count). The molecular formula is C15H25N5O2. The largest absolute Gasteiger partial charge is 0.356 e. The molecule has 1 aromatic heterocycles. The lowest BCUT2D eigenvalue weighted by Crippen LogP contribution is -2.42. The van der Waals surface area contributed by atoms with E-state index in [1.54, 1.807) is 17.4 Å². The van der Waals surface area contributed by atoms with Gasteiger partial charge in [0.2, 0.25) is 11.8 Å². The second kappa shape index (κ2) is 7.93. The monoisotopic (exact) mass is 307 g/mol. The van der Waals surface area contributed by atoms with Gasteiger partial charge in [0.25, 0.3) is 0 Å². The summed E-state index contributed by atoms with van der Waals surface area (Å²) in [7, 11) is 0. The van der Waals surface area contributed by atoms with E-state index in [1.165, 1.54) is 6.92 Å². The fourth-order valence-corrected chi connectivity index (χ4v) is 2.73. The van der Waals surface area contributed by atoms with Crippen LogP contribution >= 0.6 is 0 Å². The van der Waals surface area contributed by atoms with Crippen LogP contribution in [0.3, 0.4) is 0 Å². The summed E-state index contributed by atoms with van der Waals surface area (Å²) in [6, 6.07) is -0.0389. The topological polar surface area (TPSA) is 93.2 Å². The van der Waals surface area contributed by atoms with E-state index in [9.17, 15) is 9.59 Å². The Bertz CT molecular complexity index is 488. The van der Waals surface area contributed by atoms with Crippen LogP contribution in [0.1, 0.15) is 26.2 Å². The zero-order valence-electron chi connectivity index (χ0n) is 13.1. The molecule has 3 N–H and O–H groups in total. The average molecular weight is 307 g/mol. The number of nitrogens with zero attached hydrogens (tertiary/aromatic N) is 3. The molecule has 1 fully saturated rings. The van der Waals surface area contributed by atoms with Crippen molar-refractivity contribution in [2.75, 3.05) is 19.6 Å². The minimum Gasteiger partial charge on any atom is -0.356 e. The third-order valence-electron chi connectivity index (χ3n) is 4.05. The Kier molecular flexibility index (Phi) is 5.94. The van der Waals surface area contributed by atoms with Crippen LogP contribution in [0.15, 0.2) is 18.7 Å². The number of nitrogens with one attached hydrogen (secondary N) is 1. The molecule has 2 amide bonds. The number of nitrogens with two attached hydrogens (primary N) is 1. The fourth-order valence-electron chi connectivity index (χ4n) is 2.73. The molecule has 0 bridgehead atoms. The summed E-state index contributed by atoms with van der Waals surface area (Å²) in [6.45, 7) is 3.99. The standard InChI is InChI=1S/C15H25N5O2/c1-12(21)20-9-13(3-4-14(16)10-20)15(22)18-5-2-7-19-8-6-17-11-19/h6,8,11,13-14H,2-5,7,9-10,16H2,1H3,(H,18,22)/t13-,14+/m1/s1. The number of aromatic nitrogens is 2. The second-order valence-corrected chi connectivity index (χ2v) is 5.90. The molecule has 122 valence electrons. The maximum absolute atomic E-state index is 12.3. The molecule has 1 aliphatic rings. The zero-order valence-corrected chi connectivity index (χ0v) is 13.1. The fraction of sp³-hybridized carbons (Fsp3) is 0.667. The number of hydrogen-bond acceptors (Lipinski definition) is 4. The van der Waals surface area contributed by atoms with Gasteiger partial charge in [-0.25, -0.2) is 4.98 Å². The summed E-state index contributed by atoms with van der Waals surface area (Å²) in [6.07, 6.45) is 7.77. The number of imidazole rings is 1. The van der Waals surface area contributed by atoms with Crippen molar-refractivity contribution in [2.24, 2.45) is 11.7 Å². The molecule has 1 aromatic rings. The van der Waals surface area contributed by atoms with Crippen molar-refractivity contribution < 1.29 is 9.59 Å². The van der Waals surface area contributed by atoms with Gasteiger partial charge in [0.05, 0.1) is 12.2 Å². The van der Waals surface area contributed by atoms with Crippen LogP contribution in [0.25, 0.3) is 0 Å². The molecule has 7 nitrogen and oxygen atoms in total. The third kappa shape index (κ3) is 4.84. The lowest BCUT2D eigenvalue weighted by atomic mass is 10.0. The summed E-state index contributed by atoms with van der Waals surface area (Å²) in [5.41, 5.74) is 5.97. The Labute approximate surface area is 130 Å². The summed E-state index contributed by atoms with van der Waals surface area (Å²) in [5, 5.41) is 2.97. The van der Waals surface area contributed by atoms with Crippen molar-refractivity contribution >= 4 is 11.8 Å². The number of aryl methyl sites for hydroxylation is 1. The van der Waals surface area contributed by atoms with E-state index in [4.69, 9.17) is 5.73 Å². The first-order chi connectivity index (χ1) is 10.6. The smallest absolute Gasteiger partial charge is 0.224 e. The van der Waals surface area contributed by atoms with Crippen LogP contribution in [-0.4, -0.2) is 51.9 Å². The Balaban J connectivity index is 1.76. The van der Waals surface area contributed by atoms with Gasteiger partial charge in [0.15, 0.2) is 0 Å². The van der Waals surface area contributed by atoms with Crippen LogP contribution in [0.2, 0.25) is 0 Å². The average Bonchev–Trinajstić information content (AvgIpc) is 2.91. The van der Waals surface area contributed by atoms with Crippen molar-refractivity contribution in [1.82, 2.24) is 19.8 Å². The van der Waals surface area contributed by atoms with Crippen LogP contribution in [-0.2, 0) is 16.1 Å². The number of likely N-dealkylation sites (tertiary alicyclic amines) is 1. The van der Waals surface area contributed by atoms with Crippen LogP contribution in [0.5, 0.6) is 0 Å². The van der Waals surface area contributed by atoms with Gasteiger partial charge in [-0.1, -0.05) is 0 Å². The molecule has 1 aliphatic heterocycles. The summed E-state index contributed by atoms with van der Waals surface area (Å²) in [4.78, 5) is 29.5. The van der Waals surface area contributed by atoms with Gasteiger partial charge in [-0.15, -0.1) is 0 Å². The Morgan fingerprint density at radius 2 is 2.18 bits per heavy atom. The third-order valence-corrected chi connectivity index (χ3v) is 4.05. The lowest BCUT2D eigenvalue weighted by molar-refractivity contribution is -0.131. The molecule has 0 aliphatic carbocycles. The molecule has 2 atom stereocenters. The van der Waals surface area contributed by atoms with E-state index in [-0.39, 0.29) is 23.8 Å². The molecular weight excluding hydrogens is 282 g/mol. The number of carbonyl (C=O) groups is 2. The van der Waals surface area contributed by atoms with Gasteiger partial charge < -0.3 is 20.5 Å². The predicted octanol–water partition coefficient (Wildman–Crippen LogP) is -0.0248. The van der Waals surface area contributed by atoms with Crippen LogP contribution in [0.4, 0.5) is 0 Å². The predicted molar refractivity (Wildman–Crippen MR) is 82.8 cm³/mol. The van der Waals surface area contributed by atoms with E-state index >= 15 is 0 Å². The van der Waals surface area contributed by atoms with Crippen molar-refractivity contribution in [3.8, 4) is 0 Å². The molecule has 0 spiro atoms. The van der Waals surface area contributed by atoms with Gasteiger partial charge in [-0.05, 0) is 19.3 Å². The van der Waals surface area contributed by atoms with E-state index in [1.807, 2.05) is 10.8 Å². The number of hydrogen-bond donors (Lipinski definition) is 2. The molecule has 7 heteroatoms. The highest BCUT2D eigenvalue weighted by atomic mass is 16.2. The second-order valence-electron chi connectivity index (χ2n) is 5.90. The quantitative estimate of drug-likeness (QED) is 0.747. The zero-order chi connectivity index (χ0) is 15.9. The molecule has 0 radical (unpaired) electrons. The minimum absolute atomic E-state index is 0.0183. The molecule has 22 heavy (non-hydrogen) atoms. The number of carbonyl (C=O) groups excluding carboxylic acids is 2. The van der Waals surface area contributed by atoms with E-state index < -0.39 is 0 Å². The maximum atomic E-state index is 12.3. The van der Waals surface area contributed by atoms with Crippen molar-refractivity contribution in [3.05, 3.63) is 18.7 Å². The molecule has 0 unspecified atom stereocenters. The normalized spacial score (nSPS) is 22.2. The molecule has 2 heterocycles. The first-order valence-corrected chi connectivity index (χ1v) is 7.81. The highest BCUT2D eigenvalue weighted by Crippen LogP contribution is 2.16. The van der Waals surface area contributed by atoms with Gasteiger partial charge in [0, 0.05) is 51.5 Å². The lowest BCUT2D eigenvalue weighted by Gasteiger charge is -2.23.